The van der Waals surface area contributed by atoms with E-state index in [1.54, 1.807) is 0 Å². The molecule has 0 aliphatic heterocycles. The Labute approximate surface area is 236 Å². The number of nitrogens with zero attached hydrogens (tertiary/aromatic N) is 3. The molecule has 5 aromatic carbocycles. The first-order chi connectivity index (χ1) is 20.1. The lowest BCUT2D eigenvalue weighted by Gasteiger charge is -2.21. The van der Waals surface area contributed by atoms with Gasteiger partial charge in [0.05, 0.1) is 11.0 Å². The highest BCUT2D eigenvalue weighted by molar-refractivity contribution is 6.12. The van der Waals surface area contributed by atoms with Crippen LogP contribution in [-0.2, 0) is 5.41 Å². The molecule has 3 heterocycles. The molecule has 0 N–H and O–H groups in total. The fourth-order valence-electron chi connectivity index (χ4n) is 6.85. The summed E-state index contributed by atoms with van der Waals surface area (Å²) in [4.78, 5) is 10.5. The van der Waals surface area contributed by atoms with Gasteiger partial charge in [-0.1, -0.05) is 98.8 Å². The van der Waals surface area contributed by atoms with Gasteiger partial charge in [-0.3, -0.25) is 4.57 Å². The number of aromatic nitrogens is 3. The van der Waals surface area contributed by atoms with Gasteiger partial charge >= 0.3 is 0 Å². The predicted octanol–water partition coefficient (Wildman–Crippen LogP) is 9.45. The van der Waals surface area contributed by atoms with Gasteiger partial charge in [-0.05, 0) is 52.6 Å². The fraction of sp³-hybridized carbons (Fsp3) is 0.0811. The van der Waals surface area contributed by atoms with E-state index in [9.17, 15) is 0 Å². The standard InChI is InChI=1S/C37H25N3O/c1-37(2)28-17-9-6-14-23(28)26-20-27-24-15-7-10-18-30(24)40(31(27)21-29(26)37)36-38-33(22-12-4-3-5-13-22)35-34(39-36)25-16-8-11-19-32(25)41-35/h3-21H,1-2H3. The molecule has 0 radical (unpaired) electrons. The Morgan fingerprint density at radius 1 is 0.610 bits per heavy atom. The Morgan fingerprint density at radius 2 is 1.34 bits per heavy atom. The lowest BCUT2D eigenvalue weighted by atomic mass is 9.82. The molecule has 4 nitrogen and oxygen atoms in total. The van der Waals surface area contributed by atoms with E-state index in [1.165, 1.54) is 33.0 Å². The Balaban J connectivity index is 1.42. The van der Waals surface area contributed by atoms with Crippen LogP contribution in [0, 0.1) is 0 Å². The Morgan fingerprint density at radius 3 is 2.22 bits per heavy atom. The third-order valence-electron chi connectivity index (χ3n) is 8.83. The Kier molecular flexibility index (Phi) is 4.36. The molecule has 1 aliphatic rings. The van der Waals surface area contributed by atoms with Crippen LogP contribution in [0.15, 0.2) is 120 Å². The molecule has 194 valence electrons. The molecule has 8 aromatic rings. The molecule has 1 aliphatic carbocycles. The molecule has 0 unspecified atom stereocenters. The van der Waals surface area contributed by atoms with Crippen LogP contribution in [0.1, 0.15) is 25.0 Å². The third kappa shape index (κ3) is 2.99. The summed E-state index contributed by atoms with van der Waals surface area (Å²) in [7, 11) is 0. The largest absolute Gasteiger partial charge is 0.452 e. The lowest BCUT2D eigenvalue weighted by Crippen LogP contribution is -2.15. The second kappa shape index (κ2) is 7.92. The molecular formula is C37H25N3O. The minimum Gasteiger partial charge on any atom is -0.452 e. The van der Waals surface area contributed by atoms with Gasteiger partial charge in [0.1, 0.15) is 16.8 Å². The number of furan rings is 1. The first-order valence-electron chi connectivity index (χ1n) is 14.0. The molecule has 0 amide bonds. The maximum absolute atomic E-state index is 6.37. The quantitative estimate of drug-likeness (QED) is 0.225. The summed E-state index contributed by atoms with van der Waals surface area (Å²) in [5.41, 5.74) is 11.5. The van der Waals surface area contributed by atoms with Crippen LogP contribution < -0.4 is 0 Å². The van der Waals surface area contributed by atoms with Crippen molar-refractivity contribution in [2.24, 2.45) is 0 Å². The molecule has 0 bridgehead atoms. The minimum atomic E-state index is -0.109. The van der Waals surface area contributed by atoms with E-state index < -0.39 is 0 Å². The van der Waals surface area contributed by atoms with Gasteiger partial charge in [0.15, 0.2) is 5.58 Å². The van der Waals surface area contributed by atoms with E-state index >= 15 is 0 Å². The smallest absolute Gasteiger partial charge is 0.236 e. The van der Waals surface area contributed by atoms with Crippen molar-refractivity contribution in [3.05, 3.63) is 126 Å². The van der Waals surface area contributed by atoms with Crippen LogP contribution in [0.5, 0.6) is 0 Å². The van der Waals surface area contributed by atoms with Gasteiger partial charge in [0, 0.05) is 27.1 Å². The van der Waals surface area contributed by atoms with Gasteiger partial charge < -0.3 is 4.42 Å². The van der Waals surface area contributed by atoms with E-state index in [4.69, 9.17) is 14.4 Å². The first kappa shape index (κ1) is 22.6. The highest BCUT2D eigenvalue weighted by Crippen LogP contribution is 2.51. The number of para-hydroxylation sites is 2. The number of rotatable bonds is 2. The highest BCUT2D eigenvalue weighted by atomic mass is 16.3. The van der Waals surface area contributed by atoms with Crippen molar-refractivity contribution in [2.45, 2.75) is 19.3 Å². The van der Waals surface area contributed by atoms with Crippen molar-refractivity contribution in [2.75, 3.05) is 0 Å². The summed E-state index contributed by atoms with van der Waals surface area (Å²) in [6.07, 6.45) is 0. The Hall–Kier alpha value is -5.22. The van der Waals surface area contributed by atoms with Crippen molar-refractivity contribution in [1.82, 2.24) is 14.5 Å². The van der Waals surface area contributed by atoms with E-state index in [0.29, 0.717) is 11.5 Å². The van der Waals surface area contributed by atoms with Gasteiger partial charge in [-0.25, -0.2) is 9.97 Å². The van der Waals surface area contributed by atoms with Gasteiger partial charge in [-0.15, -0.1) is 0 Å². The van der Waals surface area contributed by atoms with Crippen molar-refractivity contribution in [1.29, 1.82) is 0 Å². The second-order valence-electron chi connectivity index (χ2n) is 11.5. The zero-order valence-corrected chi connectivity index (χ0v) is 22.7. The molecule has 9 rings (SSSR count). The van der Waals surface area contributed by atoms with Crippen LogP contribution in [-0.4, -0.2) is 14.5 Å². The molecule has 0 atom stereocenters. The zero-order chi connectivity index (χ0) is 27.3. The number of benzene rings is 5. The third-order valence-corrected chi connectivity index (χ3v) is 8.83. The Bertz CT molecular complexity index is 2340. The monoisotopic (exact) mass is 527 g/mol. The van der Waals surface area contributed by atoms with E-state index in [2.05, 4.69) is 97.3 Å². The molecular weight excluding hydrogens is 502 g/mol. The maximum Gasteiger partial charge on any atom is 0.236 e. The van der Waals surface area contributed by atoms with Gasteiger partial charge in [0.25, 0.3) is 0 Å². The molecule has 0 fully saturated rings. The predicted molar refractivity (Wildman–Crippen MR) is 167 cm³/mol. The molecule has 4 heteroatoms. The average Bonchev–Trinajstić information content (AvgIpc) is 3.62. The highest BCUT2D eigenvalue weighted by Gasteiger charge is 2.36. The minimum absolute atomic E-state index is 0.109. The number of hydrogen-bond acceptors (Lipinski definition) is 3. The molecule has 41 heavy (non-hydrogen) atoms. The maximum atomic E-state index is 6.37. The normalized spacial score (nSPS) is 13.8. The van der Waals surface area contributed by atoms with Gasteiger partial charge in [0.2, 0.25) is 5.95 Å². The SMILES string of the molecule is CC1(C)c2ccccc2-c2cc3c4ccccc4n(-c4nc(-c5ccccc5)c5oc6ccccc6c5n4)c3cc21. The summed E-state index contributed by atoms with van der Waals surface area (Å²) >= 11 is 0. The zero-order valence-electron chi connectivity index (χ0n) is 22.7. The molecule has 0 saturated heterocycles. The van der Waals surface area contributed by atoms with Crippen LogP contribution in [0.3, 0.4) is 0 Å². The van der Waals surface area contributed by atoms with Gasteiger partial charge in [-0.2, -0.15) is 0 Å². The van der Waals surface area contributed by atoms with Crippen LogP contribution in [0.2, 0.25) is 0 Å². The molecule has 0 spiro atoms. The fourth-order valence-corrected chi connectivity index (χ4v) is 6.85. The molecule has 3 aromatic heterocycles. The summed E-state index contributed by atoms with van der Waals surface area (Å²) in [5, 5.41) is 3.38. The van der Waals surface area contributed by atoms with Crippen molar-refractivity contribution in [3.8, 4) is 28.3 Å². The summed E-state index contributed by atoms with van der Waals surface area (Å²) in [6, 6.07) is 40.5. The number of fused-ring (bicyclic) bond motifs is 9. The van der Waals surface area contributed by atoms with E-state index in [1.807, 2.05) is 36.4 Å². The van der Waals surface area contributed by atoms with Crippen molar-refractivity contribution in [3.63, 3.8) is 0 Å². The van der Waals surface area contributed by atoms with Crippen LogP contribution in [0.25, 0.3) is 72.2 Å². The van der Waals surface area contributed by atoms with Crippen molar-refractivity contribution < 1.29 is 4.42 Å². The first-order valence-corrected chi connectivity index (χ1v) is 14.0. The van der Waals surface area contributed by atoms with Crippen LogP contribution in [0.4, 0.5) is 0 Å². The topological polar surface area (TPSA) is 43.9 Å². The second-order valence-corrected chi connectivity index (χ2v) is 11.5. The average molecular weight is 528 g/mol. The lowest BCUT2D eigenvalue weighted by molar-refractivity contribution is 0.661. The van der Waals surface area contributed by atoms with E-state index in [-0.39, 0.29) is 5.41 Å². The molecule has 0 saturated carbocycles. The van der Waals surface area contributed by atoms with Crippen molar-refractivity contribution >= 4 is 43.9 Å². The number of hydrogen-bond donors (Lipinski definition) is 0. The summed E-state index contributed by atoms with van der Waals surface area (Å²) < 4.78 is 8.61. The van der Waals surface area contributed by atoms with Crippen LogP contribution >= 0.6 is 0 Å². The summed E-state index contributed by atoms with van der Waals surface area (Å²) in [5.74, 6) is 0.641. The summed E-state index contributed by atoms with van der Waals surface area (Å²) in [6.45, 7) is 4.65. The van der Waals surface area contributed by atoms with E-state index in [0.717, 1.165) is 38.8 Å².